The number of aromatic nitrogens is 1. The lowest BCUT2D eigenvalue weighted by atomic mass is 9.90. The molecule has 1 fully saturated rings. The molecular weight excluding hydrogens is 290 g/mol. The van der Waals surface area contributed by atoms with Crippen LogP contribution in [-0.4, -0.2) is 31.2 Å². The molecule has 1 aliphatic rings. The number of hydrogen-bond acceptors (Lipinski definition) is 3. The van der Waals surface area contributed by atoms with Crippen LogP contribution in [0.25, 0.3) is 0 Å². The predicted molar refractivity (Wildman–Crippen MR) is 80.2 cm³/mol. The molecule has 4 heteroatoms. The molecule has 0 spiro atoms. The average Bonchev–Trinajstić information content (AvgIpc) is 2.38. The number of pyridine rings is 1. The molecule has 0 bridgehead atoms. The van der Waals surface area contributed by atoms with Gasteiger partial charge in [0.1, 0.15) is 5.82 Å². The third kappa shape index (κ3) is 3.04. The molecule has 0 atom stereocenters. The van der Waals surface area contributed by atoms with E-state index in [1.165, 1.54) is 31.2 Å². The molecule has 2 rings (SSSR count). The maximum absolute atomic E-state index is 4.56. The van der Waals surface area contributed by atoms with E-state index in [1.54, 1.807) is 0 Å². The Bertz CT molecular complexity index is 400. The van der Waals surface area contributed by atoms with Crippen molar-refractivity contribution in [3.05, 3.63) is 22.3 Å². The first-order chi connectivity index (χ1) is 8.61. The highest BCUT2D eigenvalue weighted by Crippen LogP contribution is 2.28. The van der Waals surface area contributed by atoms with Gasteiger partial charge in [0.25, 0.3) is 0 Å². The SMILES string of the molecule is CNC1CCC(N(C)c2ncc(Br)cc2C)CC1. The summed E-state index contributed by atoms with van der Waals surface area (Å²) in [4.78, 5) is 6.91. The van der Waals surface area contributed by atoms with Crippen LogP contribution in [0, 0.1) is 6.92 Å². The summed E-state index contributed by atoms with van der Waals surface area (Å²) in [5.74, 6) is 1.12. The van der Waals surface area contributed by atoms with Crippen LogP contribution in [0.1, 0.15) is 31.2 Å². The quantitative estimate of drug-likeness (QED) is 0.929. The van der Waals surface area contributed by atoms with E-state index in [1.807, 2.05) is 6.20 Å². The Labute approximate surface area is 118 Å². The molecule has 0 radical (unpaired) electrons. The fraction of sp³-hybridized carbons (Fsp3) is 0.643. The number of nitrogens with zero attached hydrogens (tertiary/aromatic N) is 2. The molecule has 1 aliphatic carbocycles. The molecule has 1 saturated carbocycles. The van der Waals surface area contributed by atoms with Crippen molar-refractivity contribution in [3.63, 3.8) is 0 Å². The number of aryl methyl sites for hydroxylation is 1. The maximum atomic E-state index is 4.56. The van der Waals surface area contributed by atoms with E-state index in [2.05, 4.69) is 58.2 Å². The molecule has 0 amide bonds. The van der Waals surface area contributed by atoms with Crippen LogP contribution in [0.3, 0.4) is 0 Å². The molecule has 1 aromatic rings. The Morgan fingerprint density at radius 3 is 2.56 bits per heavy atom. The molecule has 0 unspecified atom stereocenters. The molecule has 0 aliphatic heterocycles. The predicted octanol–water partition coefficient (Wildman–Crippen LogP) is 3.12. The molecular formula is C14H22BrN3. The van der Waals surface area contributed by atoms with Crippen molar-refractivity contribution in [3.8, 4) is 0 Å². The van der Waals surface area contributed by atoms with Gasteiger partial charge in [-0.15, -0.1) is 0 Å². The Morgan fingerprint density at radius 2 is 2.00 bits per heavy atom. The minimum absolute atomic E-state index is 0.627. The number of halogens is 1. The van der Waals surface area contributed by atoms with Crippen molar-refractivity contribution >= 4 is 21.7 Å². The number of rotatable bonds is 3. The zero-order valence-electron chi connectivity index (χ0n) is 11.4. The monoisotopic (exact) mass is 311 g/mol. The molecule has 100 valence electrons. The summed E-state index contributed by atoms with van der Waals surface area (Å²) in [5, 5.41) is 3.38. The van der Waals surface area contributed by atoms with Gasteiger partial charge in [0.05, 0.1) is 0 Å². The van der Waals surface area contributed by atoms with Gasteiger partial charge < -0.3 is 10.2 Å². The highest BCUT2D eigenvalue weighted by atomic mass is 79.9. The molecule has 1 N–H and O–H groups in total. The first-order valence-electron chi connectivity index (χ1n) is 6.64. The van der Waals surface area contributed by atoms with Crippen LogP contribution in [-0.2, 0) is 0 Å². The third-order valence-electron chi connectivity index (χ3n) is 4.00. The second-order valence-electron chi connectivity index (χ2n) is 5.20. The van der Waals surface area contributed by atoms with Crippen LogP contribution >= 0.6 is 15.9 Å². The van der Waals surface area contributed by atoms with Crippen LogP contribution < -0.4 is 10.2 Å². The lowest BCUT2D eigenvalue weighted by molar-refractivity contribution is 0.350. The second-order valence-corrected chi connectivity index (χ2v) is 6.11. The highest BCUT2D eigenvalue weighted by Gasteiger charge is 2.24. The molecule has 1 aromatic heterocycles. The number of nitrogens with one attached hydrogen (secondary N) is 1. The van der Waals surface area contributed by atoms with Crippen molar-refractivity contribution in [2.24, 2.45) is 0 Å². The molecule has 1 heterocycles. The van der Waals surface area contributed by atoms with Crippen molar-refractivity contribution < 1.29 is 0 Å². The van der Waals surface area contributed by atoms with E-state index in [4.69, 9.17) is 0 Å². The summed E-state index contributed by atoms with van der Waals surface area (Å²) >= 11 is 3.47. The summed E-state index contributed by atoms with van der Waals surface area (Å²) < 4.78 is 1.05. The number of hydrogen-bond donors (Lipinski definition) is 1. The Morgan fingerprint density at radius 1 is 1.33 bits per heavy atom. The minimum atomic E-state index is 0.627. The van der Waals surface area contributed by atoms with Crippen molar-refractivity contribution in [2.75, 3.05) is 19.0 Å². The summed E-state index contributed by atoms with van der Waals surface area (Å²) in [7, 11) is 4.24. The smallest absolute Gasteiger partial charge is 0.131 e. The Hall–Kier alpha value is -0.610. The Kier molecular flexibility index (Phi) is 4.62. The van der Waals surface area contributed by atoms with Gasteiger partial charge in [-0.25, -0.2) is 4.98 Å². The summed E-state index contributed by atoms with van der Waals surface area (Å²) in [5.41, 5.74) is 1.24. The normalized spacial score (nSPS) is 24.0. The first-order valence-corrected chi connectivity index (χ1v) is 7.43. The highest BCUT2D eigenvalue weighted by molar-refractivity contribution is 9.10. The lowest BCUT2D eigenvalue weighted by Gasteiger charge is -2.35. The van der Waals surface area contributed by atoms with Gasteiger partial charge >= 0.3 is 0 Å². The van der Waals surface area contributed by atoms with Gasteiger partial charge in [-0.3, -0.25) is 0 Å². The fourth-order valence-electron chi connectivity index (χ4n) is 2.83. The van der Waals surface area contributed by atoms with Crippen LogP contribution in [0.2, 0.25) is 0 Å². The van der Waals surface area contributed by atoms with E-state index in [0.29, 0.717) is 12.1 Å². The summed E-state index contributed by atoms with van der Waals surface area (Å²) in [6.45, 7) is 2.13. The first kappa shape index (κ1) is 13.8. The summed E-state index contributed by atoms with van der Waals surface area (Å²) in [6, 6.07) is 3.47. The van der Waals surface area contributed by atoms with Crippen LogP contribution in [0.4, 0.5) is 5.82 Å². The molecule has 0 saturated heterocycles. The van der Waals surface area contributed by atoms with E-state index < -0.39 is 0 Å². The minimum Gasteiger partial charge on any atom is -0.356 e. The van der Waals surface area contributed by atoms with Crippen molar-refractivity contribution in [1.29, 1.82) is 0 Å². The molecule has 0 aromatic carbocycles. The molecule has 3 nitrogen and oxygen atoms in total. The fourth-order valence-corrected chi connectivity index (χ4v) is 3.27. The van der Waals surface area contributed by atoms with E-state index in [-0.39, 0.29) is 0 Å². The third-order valence-corrected chi connectivity index (χ3v) is 4.44. The lowest BCUT2D eigenvalue weighted by Crippen LogP contribution is -2.40. The maximum Gasteiger partial charge on any atom is 0.131 e. The molecule has 18 heavy (non-hydrogen) atoms. The standard InChI is InChI=1S/C14H22BrN3/c1-10-8-11(15)9-17-14(10)18(3)13-6-4-12(16-2)5-7-13/h8-9,12-13,16H,4-7H2,1-3H3. The topological polar surface area (TPSA) is 28.2 Å². The van der Waals surface area contributed by atoms with E-state index >= 15 is 0 Å². The zero-order valence-corrected chi connectivity index (χ0v) is 13.0. The van der Waals surface area contributed by atoms with Crippen LogP contribution in [0.5, 0.6) is 0 Å². The van der Waals surface area contributed by atoms with E-state index in [9.17, 15) is 0 Å². The zero-order chi connectivity index (χ0) is 13.1. The van der Waals surface area contributed by atoms with Crippen molar-refractivity contribution in [2.45, 2.75) is 44.7 Å². The van der Waals surface area contributed by atoms with Gasteiger partial charge in [0, 0.05) is 29.8 Å². The average molecular weight is 312 g/mol. The van der Waals surface area contributed by atoms with Gasteiger partial charge in [-0.05, 0) is 67.2 Å². The van der Waals surface area contributed by atoms with Gasteiger partial charge in [0.15, 0.2) is 0 Å². The van der Waals surface area contributed by atoms with E-state index in [0.717, 1.165) is 10.3 Å². The van der Waals surface area contributed by atoms with Gasteiger partial charge in [-0.2, -0.15) is 0 Å². The second kappa shape index (κ2) is 6.02. The van der Waals surface area contributed by atoms with Gasteiger partial charge in [-0.1, -0.05) is 0 Å². The van der Waals surface area contributed by atoms with Crippen molar-refractivity contribution in [1.82, 2.24) is 10.3 Å². The summed E-state index contributed by atoms with van der Waals surface area (Å²) in [6.07, 6.45) is 6.92. The Balaban J connectivity index is 2.05. The number of anilines is 1. The van der Waals surface area contributed by atoms with Crippen LogP contribution in [0.15, 0.2) is 16.7 Å². The largest absolute Gasteiger partial charge is 0.356 e. The van der Waals surface area contributed by atoms with Gasteiger partial charge in [0.2, 0.25) is 0 Å².